The Balaban J connectivity index is 2.45. The van der Waals surface area contributed by atoms with Gasteiger partial charge in [-0.1, -0.05) is 0 Å². The lowest BCUT2D eigenvalue weighted by Gasteiger charge is -2.15. The van der Waals surface area contributed by atoms with E-state index < -0.39 is 0 Å². The van der Waals surface area contributed by atoms with Gasteiger partial charge < -0.3 is 15.6 Å². The maximum Gasteiger partial charge on any atom is 0.124 e. The zero-order valence-corrected chi connectivity index (χ0v) is 5.67. The molecule has 2 rings (SSSR count). The number of anilines is 1. The molecule has 0 saturated heterocycles. The monoisotopic (exact) mass is 138 g/mol. The van der Waals surface area contributed by atoms with Crippen molar-refractivity contribution in [2.45, 2.75) is 13.1 Å². The number of nitrogen functional groups attached to an aromatic ring is 1. The summed E-state index contributed by atoms with van der Waals surface area (Å²) in [6.07, 6.45) is 1.71. The first-order valence-corrected chi connectivity index (χ1v) is 3.38. The first-order valence-electron chi connectivity index (χ1n) is 3.38. The summed E-state index contributed by atoms with van der Waals surface area (Å²) in [7, 11) is 0. The van der Waals surface area contributed by atoms with E-state index in [1.54, 1.807) is 6.20 Å². The number of nitrogens with one attached hydrogen (secondary N) is 1. The van der Waals surface area contributed by atoms with Crippen LogP contribution in [0.2, 0.25) is 0 Å². The van der Waals surface area contributed by atoms with Gasteiger partial charge in [0.05, 0.1) is 12.7 Å². The van der Waals surface area contributed by atoms with Gasteiger partial charge in [-0.05, 0) is 0 Å². The predicted octanol–water partition coefficient (Wildman–Crippen LogP) is -0.431. The highest BCUT2D eigenvalue weighted by Crippen LogP contribution is 2.08. The third-order valence-corrected chi connectivity index (χ3v) is 1.76. The van der Waals surface area contributed by atoms with Crippen LogP contribution in [0.25, 0.3) is 0 Å². The van der Waals surface area contributed by atoms with Gasteiger partial charge >= 0.3 is 0 Å². The van der Waals surface area contributed by atoms with Gasteiger partial charge in [-0.15, -0.1) is 0 Å². The number of nitrogens with zero attached hydrogens (tertiary/aromatic N) is 2. The third kappa shape index (κ3) is 0.690. The van der Waals surface area contributed by atoms with E-state index in [9.17, 15) is 0 Å². The van der Waals surface area contributed by atoms with E-state index in [1.807, 2.05) is 4.57 Å². The fourth-order valence-corrected chi connectivity index (χ4v) is 1.22. The quantitative estimate of drug-likeness (QED) is 0.511. The van der Waals surface area contributed by atoms with Gasteiger partial charge in [-0.25, -0.2) is 4.98 Å². The van der Waals surface area contributed by atoms with Crippen LogP contribution in [-0.2, 0) is 13.1 Å². The molecule has 4 nitrogen and oxygen atoms in total. The largest absolute Gasteiger partial charge is 0.384 e. The standard InChI is InChI=1S/C6H10N4/c7-5-3-9-6-4-8-1-2-10(5)6/h3,8H,1-2,4,7H2. The Morgan fingerprint density at radius 3 is 3.40 bits per heavy atom. The Morgan fingerprint density at radius 2 is 2.60 bits per heavy atom. The van der Waals surface area contributed by atoms with Crippen LogP contribution in [0, 0.1) is 0 Å². The zero-order chi connectivity index (χ0) is 6.97. The summed E-state index contributed by atoms with van der Waals surface area (Å²) in [6, 6.07) is 0. The highest BCUT2D eigenvalue weighted by atomic mass is 15.2. The minimum Gasteiger partial charge on any atom is -0.384 e. The van der Waals surface area contributed by atoms with Crippen LogP contribution in [0.5, 0.6) is 0 Å². The Hall–Kier alpha value is -1.03. The molecule has 1 aromatic heterocycles. The molecule has 0 atom stereocenters. The van der Waals surface area contributed by atoms with Crippen molar-refractivity contribution in [1.82, 2.24) is 14.9 Å². The number of nitrogens with two attached hydrogens (primary N) is 1. The number of aromatic nitrogens is 2. The summed E-state index contributed by atoms with van der Waals surface area (Å²) >= 11 is 0. The Bertz CT molecular complexity index is 240. The molecule has 1 aromatic rings. The third-order valence-electron chi connectivity index (χ3n) is 1.76. The molecule has 0 spiro atoms. The van der Waals surface area contributed by atoms with Crippen LogP contribution >= 0.6 is 0 Å². The SMILES string of the molecule is Nc1cnc2n1CCNC2. The summed E-state index contributed by atoms with van der Waals surface area (Å²) in [5.74, 6) is 1.82. The molecular formula is C6H10N4. The number of hydrogen-bond acceptors (Lipinski definition) is 3. The van der Waals surface area contributed by atoms with Crippen LogP contribution in [0.15, 0.2) is 6.20 Å². The maximum absolute atomic E-state index is 5.63. The van der Waals surface area contributed by atoms with Crippen molar-refractivity contribution < 1.29 is 0 Å². The molecule has 0 unspecified atom stereocenters. The van der Waals surface area contributed by atoms with E-state index in [4.69, 9.17) is 5.73 Å². The van der Waals surface area contributed by atoms with E-state index in [0.717, 1.165) is 31.3 Å². The van der Waals surface area contributed by atoms with Crippen LogP contribution in [-0.4, -0.2) is 16.1 Å². The molecular weight excluding hydrogens is 128 g/mol. The topological polar surface area (TPSA) is 55.9 Å². The molecule has 3 N–H and O–H groups in total. The summed E-state index contributed by atoms with van der Waals surface area (Å²) in [5.41, 5.74) is 5.63. The Kier molecular flexibility index (Phi) is 1.14. The highest BCUT2D eigenvalue weighted by molar-refractivity contribution is 5.28. The molecule has 54 valence electrons. The van der Waals surface area contributed by atoms with Crippen molar-refractivity contribution in [3.8, 4) is 0 Å². The molecule has 10 heavy (non-hydrogen) atoms. The molecule has 0 aromatic carbocycles. The molecule has 4 heteroatoms. The summed E-state index contributed by atoms with van der Waals surface area (Å²) in [6.45, 7) is 2.78. The average Bonchev–Trinajstić information content (AvgIpc) is 2.34. The molecule has 0 saturated carbocycles. The highest BCUT2D eigenvalue weighted by Gasteiger charge is 2.10. The number of rotatable bonds is 0. The normalized spacial score (nSPS) is 16.8. The predicted molar refractivity (Wildman–Crippen MR) is 38.3 cm³/mol. The van der Waals surface area contributed by atoms with Crippen molar-refractivity contribution in [2.75, 3.05) is 12.3 Å². The molecule has 0 bridgehead atoms. The second-order valence-corrected chi connectivity index (χ2v) is 2.43. The molecule has 0 radical (unpaired) electrons. The van der Waals surface area contributed by atoms with Gasteiger partial charge in [0.2, 0.25) is 0 Å². The van der Waals surface area contributed by atoms with Gasteiger partial charge in [-0.2, -0.15) is 0 Å². The second kappa shape index (κ2) is 1.98. The lowest BCUT2D eigenvalue weighted by Crippen LogP contribution is -2.28. The number of fused-ring (bicyclic) bond motifs is 1. The van der Waals surface area contributed by atoms with Crippen LogP contribution in [0.1, 0.15) is 5.82 Å². The van der Waals surface area contributed by atoms with Crippen LogP contribution in [0.4, 0.5) is 5.82 Å². The van der Waals surface area contributed by atoms with E-state index in [2.05, 4.69) is 10.3 Å². The van der Waals surface area contributed by atoms with Crippen LogP contribution < -0.4 is 11.1 Å². The first kappa shape index (κ1) is 5.73. The minimum atomic E-state index is 0.775. The van der Waals surface area contributed by atoms with Crippen molar-refractivity contribution in [3.05, 3.63) is 12.0 Å². The first-order chi connectivity index (χ1) is 4.88. The number of hydrogen-bond donors (Lipinski definition) is 2. The fourth-order valence-electron chi connectivity index (χ4n) is 1.22. The van der Waals surface area contributed by atoms with Crippen molar-refractivity contribution in [1.29, 1.82) is 0 Å². The van der Waals surface area contributed by atoms with Gasteiger partial charge in [0.15, 0.2) is 0 Å². The molecule has 2 heterocycles. The Labute approximate surface area is 59.0 Å². The van der Waals surface area contributed by atoms with E-state index >= 15 is 0 Å². The van der Waals surface area contributed by atoms with E-state index in [0.29, 0.717) is 0 Å². The minimum absolute atomic E-state index is 0.775. The second-order valence-electron chi connectivity index (χ2n) is 2.43. The van der Waals surface area contributed by atoms with Gasteiger partial charge in [0.25, 0.3) is 0 Å². The van der Waals surface area contributed by atoms with Gasteiger partial charge in [0, 0.05) is 13.1 Å². The van der Waals surface area contributed by atoms with E-state index in [1.165, 1.54) is 0 Å². The lowest BCUT2D eigenvalue weighted by atomic mass is 10.4. The average molecular weight is 138 g/mol. The number of imidazole rings is 1. The lowest BCUT2D eigenvalue weighted by molar-refractivity contribution is 0.509. The van der Waals surface area contributed by atoms with Crippen molar-refractivity contribution in [2.24, 2.45) is 0 Å². The molecule has 0 aliphatic carbocycles. The molecule has 1 aliphatic rings. The van der Waals surface area contributed by atoms with Crippen LogP contribution in [0.3, 0.4) is 0 Å². The zero-order valence-electron chi connectivity index (χ0n) is 5.67. The smallest absolute Gasteiger partial charge is 0.124 e. The van der Waals surface area contributed by atoms with Gasteiger partial charge in [-0.3, -0.25) is 0 Å². The maximum atomic E-state index is 5.63. The molecule has 0 fully saturated rings. The van der Waals surface area contributed by atoms with Crippen molar-refractivity contribution >= 4 is 5.82 Å². The summed E-state index contributed by atoms with van der Waals surface area (Å²) in [4.78, 5) is 4.13. The molecule has 1 aliphatic heterocycles. The fraction of sp³-hybridized carbons (Fsp3) is 0.500. The molecule has 0 amide bonds. The summed E-state index contributed by atoms with van der Waals surface area (Å²) < 4.78 is 2.04. The summed E-state index contributed by atoms with van der Waals surface area (Å²) in [5, 5.41) is 3.22. The van der Waals surface area contributed by atoms with Gasteiger partial charge in [0.1, 0.15) is 11.6 Å². The Morgan fingerprint density at radius 1 is 1.70 bits per heavy atom. The van der Waals surface area contributed by atoms with E-state index in [-0.39, 0.29) is 0 Å². The van der Waals surface area contributed by atoms with Crippen molar-refractivity contribution in [3.63, 3.8) is 0 Å².